The maximum absolute atomic E-state index is 12.5. The smallest absolute Gasteiger partial charge is 0.261 e. The highest BCUT2D eigenvalue weighted by atomic mass is 32.2. The summed E-state index contributed by atoms with van der Waals surface area (Å²) in [5.41, 5.74) is 1.67. The van der Waals surface area contributed by atoms with Crippen LogP contribution in [0.25, 0.3) is 0 Å². The van der Waals surface area contributed by atoms with E-state index in [4.69, 9.17) is 4.74 Å². The molecule has 0 spiro atoms. The zero-order valence-electron chi connectivity index (χ0n) is 16.3. The molecular formula is C22H22N2O5S. The Labute approximate surface area is 175 Å². The molecule has 0 saturated carbocycles. The normalized spacial score (nSPS) is 11.0. The van der Waals surface area contributed by atoms with E-state index in [1.54, 1.807) is 42.5 Å². The number of phenolic OH excluding ortho intramolecular Hbond substituents is 1. The molecule has 0 aromatic heterocycles. The van der Waals surface area contributed by atoms with Crippen LogP contribution in [0.5, 0.6) is 11.5 Å². The highest BCUT2D eigenvalue weighted by molar-refractivity contribution is 7.92. The van der Waals surface area contributed by atoms with Crippen molar-refractivity contribution in [2.24, 2.45) is 0 Å². The number of hydrogen-bond acceptors (Lipinski definition) is 5. The Kier molecular flexibility index (Phi) is 6.58. The van der Waals surface area contributed by atoms with E-state index in [-0.39, 0.29) is 16.6 Å². The number of benzene rings is 3. The fourth-order valence-electron chi connectivity index (χ4n) is 2.79. The molecule has 0 aliphatic carbocycles. The fraction of sp³-hybridized carbons (Fsp3) is 0.136. The quantitative estimate of drug-likeness (QED) is 0.513. The van der Waals surface area contributed by atoms with E-state index < -0.39 is 10.0 Å². The molecule has 0 heterocycles. The lowest BCUT2D eigenvalue weighted by molar-refractivity contribution is 0.0954. The van der Waals surface area contributed by atoms with Gasteiger partial charge in [0.15, 0.2) is 0 Å². The van der Waals surface area contributed by atoms with Crippen LogP contribution in [0.4, 0.5) is 5.69 Å². The molecule has 0 aliphatic heterocycles. The van der Waals surface area contributed by atoms with Gasteiger partial charge in [-0.2, -0.15) is 0 Å². The first-order valence-corrected chi connectivity index (χ1v) is 10.7. The van der Waals surface area contributed by atoms with Crippen LogP contribution in [0.1, 0.15) is 15.9 Å². The molecule has 0 bridgehead atoms. The van der Waals surface area contributed by atoms with Crippen LogP contribution in [0, 0.1) is 0 Å². The summed E-state index contributed by atoms with van der Waals surface area (Å²) in [6.07, 6.45) is 0.568. The molecule has 3 rings (SSSR count). The van der Waals surface area contributed by atoms with Gasteiger partial charge >= 0.3 is 0 Å². The van der Waals surface area contributed by atoms with Gasteiger partial charge in [-0.1, -0.05) is 12.1 Å². The van der Waals surface area contributed by atoms with Crippen molar-refractivity contribution < 1.29 is 23.1 Å². The van der Waals surface area contributed by atoms with E-state index >= 15 is 0 Å². The van der Waals surface area contributed by atoms with E-state index in [1.807, 2.05) is 6.07 Å². The predicted octanol–water partition coefficient (Wildman–Crippen LogP) is 3.17. The average molecular weight is 426 g/mol. The van der Waals surface area contributed by atoms with Gasteiger partial charge < -0.3 is 15.2 Å². The standard InChI is InChI=1S/C22H22N2O5S/c1-29-20-9-7-18(8-10-20)24-30(27,28)21-11-5-17(6-12-21)22(26)23-14-13-16-3-2-4-19(25)15-16/h2-12,15,24-25H,13-14H2,1H3,(H,23,26). The first-order valence-electron chi connectivity index (χ1n) is 9.20. The number of nitrogens with one attached hydrogen (secondary N) is 2. The average Bonchev–Trinajstić information content (AvgIpc) is 2.74. The van der Waals surface area contributed by atoms with E-state index in [0.29, 0.717) is 30.0 Å². The summed E-state index contributed by atoms with van der Waals surface area (Å²) in [6.45, 7) is 0.390. The summed E-state index contributed by atoms with van der Waals surface area (Å²) in [6, 6.07) is 19.0. The second-order valence-corrected chi connectivity index (χ2v) is 8.22. The van der Waals surface area contributed by atoms with Crippen LogP contribution in [0.2, 0.25) is 0 Å². The van der Waals surface area contributed by atoms with Crippen molar-refractivity contribution in [3.8, 4) is 11.5 Å². The lowest BCUT2D eigenvalue weighted by Gasteiger charge is -2.10. The van der Waals surface area contributed by atoms with Crippen molar-refractivity contribution in [1.82, 2.24) is 5.32 Å². The number of anilines is 1. The van der Waals surface area contributed by atoms with E-state index in [2.05, 4.69) is 10.0 Å². The molecule has 7 nitrogen and oxygen atoms in total. The highest BCUT2D eigenvalue weighted by Crippen LogP contribution is 2.19. The molecule has 1 amide bonds. The van der Waals surface area contributed by atoms with Gasteiger partial charge in [0.25, 0.3) is 15.9 Å². The first kappa shape index (κ1) is 21.2. The predicted molar refractivity (Wildman–Crippen MR) is 114 cm³/mol. The molecule has 156 valence electrons. The molecule has 0 fully saturated rings. The van der Waals surface area contributed by atoms with Crippen LogP contribution >= 0.6 is 0 Å². The molecule has 0 radical (unpaired) electrons. The van der Waals surface area contributed by atoms with Gasteiger partial charge in [0.05, 0.1) is 12.0 Å². The SMILES string of the molecule is COc1ccc(NS(=O)(=O)c2ccc(C(=O)NCCc3cccc(O)c3)cc2)cc1. The van der Waals surface area contributed by atoms with Crippen LogP contribution in [-0.2, 0) is 16.4 Å². The second kappa shape index (κ2) is 9.32. The molecule has 3 aromatic rings. The zero-order valence-corrected chi connectivity index (χ0v) is 17.1. The number of amides is 1. The van der Waals surface area contributed by atoms with Crippen molar-refractivity contribution >= 4 is 21.6 Å². The van der Waals surface area contributed by atoms with Gasteiger partial charge in [0.1, 0.15) is 11.5 Å². The van der Waals surface area contributed by atoms with Gasteiger partial charge in [-0.05, 0) is 72.6 Å². The Balaban J connectivity index is 1.59. The number of rotatable bonds is 8. The topological polar surface area (TPSA) is 105 Å². The monoisotopic (exact) mass is 426 g/mol. The number of hydrogen-bond donors (Lipinski definition) is 3. The Morgan fingerprint density at radius 3 is 2.33 bits per heavy atom. The molecular weight excluding hydrogens is 404 g/mol. The first-order chi connectivity index (χ1) is 14.4. The number of methoxy groups -OCH3 is 1. The molecule has 3 N–H and O–H groups in total. The third kappa shape index (κ3) is 5.51. The largest absolute Gasteiger partial charge is 0.508 e. The summed E-state index contributed by atoms with van der Waals surface area (Å²) in [4.78, 5) is 12.3. The second-order valence-electron chi connectivity index (χ2n) is 6.53. The minimum Gasteiger partial charge on any atom is -0.508 e. The molecule has 0 unspecified atom stereocenters. The van der Waals surface area contributed by atoms with Gasteiger partial charge in [-0.15, -0.1) is 0 Å². The zero-order chi connectivity index (χ0) is 21.6. The summed E-state index contributed by atoms with van der Waals surface area (Å²) in [7, 11) is -2.25. The molecule has 8 heteroatoms. The van der Waals surface area contributed by atoms with Gasteiger partial charge in [0, 0.05) is 17.8 Å². The number of sulfonamides is 1. The minimum atomic E-state index is -3.78. The number of aromatic hydroxyl groups is 1. The van der Waals surface area contributed by atoms with Crippen molar-refractivity contribution in [1.29, 1.82) is 0 Å². The number of carbonyl (C=O) groups is 1. The van der Waals surface area contributed by atoms with E-state index in [9.17, 15) is 18.3 Å². The van der Waals surface area contributed by atoms with Crippen molar-refractivity contribution in [3.05, 3.63) is 83.9 Å². The van der Waals surface area contributed by atoms with Crippen LogP contribution in [0.3, 0.4) is 0 Å². The molecule has 0 atom stereocenters. The maximum Gasteiger partial charge on any atom is 0.261 e. The van der Waals surface area contributed by atoms with Gasteiger partial charge in [-0.25, -0.2) is 8.42 Å². The van der Waals surface area contributed by atoms with Crippen molar-refractivity contribution in [2.45, 2.75) is 11.3 Å². The van der Waals surface area contributed by atoms with Crippen LogP contribution < -0.4 is 14.8 Å². The molecule has 0 aliphatic rings. The number of phenols is 1. The Morgan fingerprint density at radius 2 is 1.70 bits per heavy atom. The highest BCUT2D eigenvalue weighted by Gasteiger charge is 2.15. The Morgan fingerprint density at radius 1 is 1.00 bits per heavy atom. The van der Waals surface area contributed by atoms with Crippen LogP contribution in [-0.4, -0.2) is 33.1 Å². The summed E-state index contributed by atoms with van der Waals surface area (Å²) < 4.78 is 32.6. The number of carbonyl (C=O) groups excluding carboxylic acids is 1. The summed E-state index contributed by atoms with van der Waals surface area (Å²) in [5, 5.41) is 12.2. The van der Waals surface area contributed by atoms with Gasteiger partial charge in [-0.3, -0.25) is 9.52 Å². The summed E-state index contributed by atoms with van der Waals surface area (Å²) in [5.74, 6) is 0.499. The Hall–Kier alpha value is -3.52. The Bertz CT molecular complexity index is 1110. The molecule has 0 saturated heterocycles. The lowest BCUT2D eigenvalue weighted by atomic mass is 10.1. The lowest BCUT2D eigenvalue weighted by Crippen LogP contribution is -2.25. The van der Waals surface area contributed by atoms with Crippen LogP contribution in [0.15, 0.2) is 77.7 Å². The number of ether oxygens (including phenoxy) is 1. The maximum atomic E-state index is 12.5. The molecule has 30 heavy (non-hydrogen) atoms. The molecule has 3 aromatic carbocycles. The third-order valence-corrected chi connectivity index (χ3v) is 5.78. The fourth-order valence-corrected chi connectivity index (χ4v) is 3.85. The minimum absolute atomic E-state index is 0.0506. The van der Waals surface area contributed by atoms with Crippen molar-refractivity contribution in [2.75, 3.05) is 18.4 Å². The van der Waals surface area contributed by atoms with E-state index in [0.717, 1.165) is 5.56 Å². The van der Waals surface area contributed by atoms with Crippen molar-refractivity contribution in [3.63, 3.8) is 0 Å². The third-order valence-electron chi connectivity index (χ3n) is 4.38. The van der Waals surface area contributed by atoms with Gasteiger partial charge in [0.2, 0.25) is 0 Å². The summed E-state index contributed by atoms with van der Waals surface area (Å²) >= 11 is 0. The van der Waals surface area contributed by atoms with E-state index in [1.165, 1.54) is 31.4 Å².